The largest absolute Gasteiger partial charge is 0.417 e. The van der Waals surface area contributed by atoms with Crippen LogP contribution in [0.4, 0.5) is 13.2 Å². The molecule has 0 saturated heterocycles. The summed E-state index contributed by atoms with van der Waals surface area (Å²) in [5, 5.41) is 8.45. The molecule has 0 atom stereocenters. The number of nitrogens with zero attached hydrogens (tertiary/aromatic N) is 3. The predicted molar refractivity (Wildman–Crippen MR) is 76.5 cm³/mol. The van der Waals surface area contributed by atoms with E-state index in [4.69, 9.17) is 0 Å². The van der Waals surface area contributed by atoms with Crippen LogP contribution in [0.5, 0.6) is 0 Å². The normalized spacial score (nSPS) is 11.9. The van der Waals surface area contributed by atoms with Crippen molar-refractivity contribution < 1.29 is 13.2 Å². The summed E-state index contributed by atoms with van der Waals surface area (Å²) in [5.41, 5.74) is -0.330. The standard InChI is InChI=1S/C12H10Br2F3N3/c1-2-20-10(6-13)18-19-11(20)7-3-4-9(14)8(5-7)12(15,16)17/h3-5H,2,6H2,1H3. The second kappa shape index (κ2) is 5.85. The minimum absolute atomic E-state index is 0.0111. The van der Waals surface area contributed by atoms with Gasteiger partial charge >= 0.3 is 6.18 Å². The first-order valence-corrected chi connectivity index (χ1v) is 7.65. The summed E-state index contributed by atoms with van der Waals surface area (Å²) in [5.74, 6) is 1.11. The molecule has 0 aliphatic carbocycles. The molecule has 2 aromatic rings. The third kappa shape index (κ3) is 2.90. The Labute approximate surface area is 130 Å². The summed E-state index contributed by atoms with van der Waals surface area (Å²) in [7, 11) is 0. The Balaban J connectivity index is 2.57. The lowest BCUT2D eigenvalue weighted by atomic mass is 10.1. The van der Waals surface area contributed by atoms with Gasteiger partial charge in [-0.25, -0.2) is 0 Å². The summed E-state index contributed by atoms with van der Waals surface area (Å²) in [4.78, 5) is 0. The molecule has 0 N–H and O–H groups in total. The van der Waals surface area contributed by atoms with Crippen LogP contribution in [0.2, 0.25) is 0 Å². The van der Waals surface area contributed by atoms with Crippen LogP contribution in [0.25, 0.3) is 11.4 Å². The van der Waals surface area contributed by atoms with Gasteiger partial charge in [0.05, 0.1) is 10.9 Å². The Morgan fingerprint density at radius 3 is 2.50 bits per heavy atom. The molecule has 0 saturated carbocycles. The maximum Gasteiger partial charge on any atom is 0.417 e. The lowest BCUT2D eigenvalue weighted by molar-refractivity contribution is -0.138. The monoisotopic (exact) mass is 411 g/mol. The van der Waals surface area contributed by atoms with Gasteiger partial charge in [-0.1, -0.05) is 37.9 Å². The first kappa shape index (κ1) is 15.5. The van der Waals surface area contributed by atoms with Gasteiger partial charge in [-0.2, -0.15) is 13.2 Å². The molecule has 0 bridgehead atoms. The molecule has 0 spiro atoms. The fraction of sp³-hybridized carbons (Fsp3) is 0.333. The van der Waals surface area contributed by atoms with Crippen LogP contribution in [0.1, 0.15) is 18.3 Å². The lowest BCUT2D eigenvalue weighted by Crippen LogP contribution is -2.07. The van der Waals surface area contributed by atoms with E-state index in [9.17, 15) is 13.2 Å². The molecular formula is C12H10Br2F3N3. The van der Waals surface area contributed by atoms with Gasteiger partial charge in [0.2, 0.25) is 0 Å². The first-order valence-electron chi connectivity index (χ1n) is 5.73. The number of alkyl halides is 4. The smallest absolute Gasteiger partial charge is 0.311 e. The molecule has 1 aromatic heterocycles. The van der Waals surface area contributed by atoms with Gasteiger partial charge in [0.25, 0.3) is 0 Å². The van der Waals surface area contributed by atoms with Crippen molar-refractivity contribution in [3.8, 4) is 11.4 Å². The summed E-state index contributed by atoms with van der Waals surface area (Å²) in [6.07, 6.45) is -4.41. The van der Waals surface area contributed by atoms with Crippen LogP contribution in [-0.2, 0) is 18.1 Å². The average molecular weight is 413 g/mol. The van der Waals surface area contributed by atoms with E-state index in [2.05, 4.69) is 42.1 Å². The number of halogens is 5. The summed E-state index contributed by atoms with van der Waals surface area (Å²) in [6.45, 7) is 2.48. The van der Waals surface area contributed by atoms with Gasteiger partial charge in [0.15, 0.2) is 5.82 Å². The number of benzene rings is 1. The quantitative estimate of drug-likeness (QED) is 0.687. The van der Waals surface area contributed by atoms with Gasteiger partial charge in [-0.05, 0) is 19.1 Å². The van der Waals surface area contributed by atoms with Crippen LogP contribution >= 0.6 is 31.9 Å². The molecule has 0 unspecified atom stereocenters. The highest BCUT2D eigenvalue weighted by Gasteiger charge is 2.33. The molecule has 3 nitrogen and oxygen atoms in total. The van der Waals surface area contributed by atoms with Crippen molar-refractivity contribution in [2.45, 2.75) is 25.0 Å². The second-order valence-corrected chi connectivity index (χ2v) is 5.43. The van der Waals surface area contributed by atoms with E-state index in [0.717, 1.165) is 6.07 Å². The topological polar surface area (TPSA) is 30.7 Å². The van der Waals surface area contributed by atoms with Crippen LogP contribution in [0.15, 0.2) is 22.7 Å². The zero-order valence-electron chi connectivity index (χ0n) is 10.4. The SMILES string of the molecule is CCn1c(CBr)nnc1-c1ccc(Br)c(C(F)(F)F)c1. The minimum atomic E-state index is -4.41. The lowest BCUT2D eigenvalue weighted by Gasteiger charge is -2.11. The third-order valence-electron chi connectivity index (χ3n) is 2.79. The van der Waals surface area contributed by atoms with Gasteiger partial charge < -0.3 is 4.57 Å². The molecule has 0 radical (unpaired) electrons. The maximum absolute atomic E-state index is 12.9. The van der Waals surface area contributed by atoms with Crippen LogP contribution < -0.4 is 0 Å². The Bertz CT molecular complexity index is 623. The Hall–Kier alpha value is -0.890. The summed E-state index contributed by atoms with van der Waals surface area (Å²) >= 11 is 6.20. The third-order valence-corrected chi connectivity index (χ3v) is 3.99. The number of aromatic nitrogens is 3. The summed E-state index contributed by atoms with van der Waals surface area (Å²) < 4.78 is 40.5. The van der Waals surface area contributed by atoms with Crippen LogP contribution in [0, 0.1) is 0 Å². The molecule has 20 heavy (non-hydrogen) atoms. The number of hydrogen-bond donors (Lipinski definition) is 0. The maximum atomic E-state index is 12.9. The highest BCUT2D eigenvalue weighted by molar-refractivity contribution is 9.10. The zero-order valence-corrected chi connectivity index (χ0v) is 13.5. The molecule has 0 amide bonds. The van der Waals surface area contributed by atoms with Gasteiger partial charge in [-0.3, -0.25) is 0 Å². The van der Waals surface area contributed by atoms with Gasteiger partial charge in [0.1, 0.15) is 5.82 Å². The molecule has 1 aromatic carbocycles. The van der Waals surface area contributed by atoms with Crippen molar-refractivity contribution in [2.75, 3.05) is 0 Å². The van der Waals surface area contributed by atoms with Crippen molar-refractivity contribution in [1.29, 1.82) is 0 Å². The van der Waals surface area contributed by atoms with E-state index >= 15 is 0 Å². The van der Waals surface area contributed by atoms with Gasteiger partial charge in [0, 0.05) is 16.6 Å². The fourth-order valence-electron chi connectivity index (χ4n) is 1.86. The Kier molecular flexibility index (Phi) is 4.53. The predicted octanol–water partition coefficient (Wildman–Crippen LogP) is 4.64. The van der Waals surface area contributed by atoms with Crippen LogP contribution in [-0.4, -0.2) is 14.8 Å². The molecule has 8 heteroatoms. The molecule has 0 aliphatic heterocycles. The molecule has 0 aliphatic rings. The van der Waals surface area contributed by atoms with E-state index < -0.39 is 11.7 Å². The fourth-order valence-corrected chi connectivity index (χ4v) is 2.75. The highest BCUT2D eigenvalue weighted by Crippen LogP contribution is 2.37. The highest BCUT2D eigenvalue weighted by atomic mass is 79.9. The molecular weight excluding hydrogens is 403 g/mol. The van der Waals surface area contributed by atoms with Crippen molar-refractivity contribution >= 4 is 31.9 Å². The summed E-state index contributed by atoms with van der Waals surface area (Å²) in [6, 6.07) is 4.05. The zero-order chi connectivity index (χ0) is 14.9. The second-order valence-electron chi connectivity index (χ2n) is 4.01. The van der Waals surface area contributed by atoms with E-state index in [1.54, 1.807) is 10.6 Å². The van der Waals surface area contributed by atoms with Crippen molar-refractivity contribution in [1.82, 2.24) is 14.8 Å². The van der Waals surface area contributed by atoms with Crippen molar-refractivity contribution in [3.05, 3.63) is 34.1 Å². The Morgan fingerprint density at radius 2 is 1.95 bits per heavy atom. The van der Waals surface area contributed by atoms with Crippen molar-refractivity contribution in [2.24, 2.45) is 0 Å². The van der Waals surface area contributed by atoms with E-state index in [-0.39, 0.29) is 4.47 Å². The van der Waals surface area contributed by atoms with Crippen LogP contribution in [0.3, 0.4) is 0 Å². The molecule has 1 heterocycles. The first-order chi connectivity index (χ1) is 9.38. The van der Waals surface area contributed by atoms with E-state index in [1.165, 1.54) is 6.07 Å². The molecule has 0 fully saturated rings. The minimum Gasteiger partial charge on any atom is -0.311 e. The van der Waals surface area contributed by atoms with E-state index in [0.29, 0.717) is 29.1 Å². The Morgan fingerprint density at radius 1 is 1.25 bits per heavy atom. The number of rotatable bonds is 3. The molecule has 2 rings (SSSR count). The average Bonchev–Trinajstić information content (AvgIpc) is 2.80. The number of hydrogen-bond acceptors (Lipinski definition) is 2. The molecule has 108 valence electrons. The van der Waals surface area contributed by atoms with Crippen molar-refractivity contribution in [3.63, 3.8) is 0 Å². The van der Waals surface area contributed by atoms with E-state index in [1.807, 2.05) is 6.92 Å². The van der Waals surface area contributed by atoms with Gasteiger partial charge in [-0.15, -0.1) is 10.2 Å².